The highest BCUT2D eigenvalue weighted by molar-refractivity contribution is 6.12. The van der Waals surface area contributed by atoms with Gasteiger partial charge in [0.2, 0.25) is 0 Å². The lowest BCUT2D eigenvalue weighted by atomic mass is 9.78. The van der Waals surface area contributed by atoms with Gasteiger partial charge in [0.15, 0.2) is 0 Å². The second-order valence-corrected chi connectivity index (χ2v) is 8.22. The fourth-order valence-corrected chi connectivity index (χ4v) is 4.56. The summed E-state index contributed by atoms with van der Waals surface area (Å²) in [6.07, 6.45) is 0.805. The first kappa shape index (κ1) is 21.6. The summed E-state index contributed by atoms with van der Waals surface area (Å²) in [6.45, 7) is 0.891. The Labute approximate surface area is 183 Å². The van der Waals surface area contributed by atoms with Crippen LogP contribution >= 0.6 is 0 Å². The fraction of sp³-hybridized carbons (Fsp3) is 0.417. The summed E-state index contributed by atoms with van der Waals surface area (Å²) in [5, 5.41) is 0. The fourth-order valence-electron chi connectivity index (χ4n) is 4.56. The maximum Gasteiger partial charge on any atom is 0.314 e. The average Bonchev–Trinajstić information content (AvgIpc) is 2.92. The number of carbonyl (C=O) groups is 2. The summed E-state index contributed by atoms with van der Waals surface area (Å²) < 4.78 is 23.3. The van der Waals surface area contributed by atoms with Crippen molar-refractivity contribution in [3.8, 4) is 0 Å². The van der Waals surface area contributed by atoms with Crippen LogP contribution in [0.25, 0.3) is 0 Å². The maximum absolute atomic E-state index is 13.2. The summed E-state index contributed by atoms with van der Waals surface area (Å²) in [5.74, 6) is -1.45. The number of hydrogen-bond donors (Lipinski definition) is 0. The molecule has 0 amide bonds. The standard InChI is InChI=1S/C24H27BO6/c25-22-21-20(23(27)30-16-18-10-5-2-6-11-18)24(31-22,12-7-13-28-21)14-19(26)29-15-17-8-3-1-4-9-17/h1-6,8-11,20-22H,7,12-16,25H2/t20?,21-,22+,24+/m0/s1. The molecule has 0 aromatic heterocycles. The average molecular weight is 422 g/mol. The molecule has 4 rings (SSSR count). The van der Waals surface area contributed by atoms with E-state index < -0.39 is 23.6 Å². The number of fused-ring (bicyclic) bond motifs is 2. The lowest BCUT2D eigenvalue weighted by Crippen LogP contribution is -2.45. The van der Waals surface area contributed by atoms with E-state index in [0.29, 0.717) is 19.4 Å². The van der Waals surface area contributed by atoms with Crippen molar-refractivity contribution in [2.24, 2.45) is 5.92 Å². The minimum atomic E-state index is -0.970. The third kappa shape index (κ3) is 5.00. The molecule has 2 bridgehead atoms. The Morgan fingerprint density at radius 1 is 0.968 bits per heavy atom. The first-order chi connectivity index (χ1) is 15.1. The Morgan fingerprint density at radius 2 is 1.58 bits per heavy atom. The molecule has 2 aliphatic rings. The van der Waals surface area contributed by atoms with Crippen LogP contribution in [0.1, 0.15) is 30.4 Å². The zero-order valence-electron chi connectivity index (χ0n) is 17.7. The highest BCUT2D eigenvalue weighted by Crippen LogP contribution is 2.46. The Kier molecular flexibility index (Phi) is 6.73. The largest absolute Gasteiger partial charge is 0.461 e. The van der Waals surface area contributed by atoms with Crippen molar-refractivity contribution in [3.63, 3.8) is 0 Å². The van der Waals surface area contributed by atoms with Gasteiger partial charge in [0.25, 0.3) is 0 Å². The van der Waals surface area contributed by atoms with Crippen molar-refractivity contribution >= 4 is 19.8 Å². The smallest absolute Gasteiger partial charge is 0.314 e. The van der Waals surface area contributed by atoms with Crippen molar-refractivity contribution in [1.29, 1.82) is 0 Å². The SMILES string of the molecule is B[C@@H]1O[C@@]2(CC(=O)OCc3ccccc3)CCCO[C@H]1C2C(=O)OCc1ccccc1. The van der Waals surface area contributed by atoms with Gasteiger partial charge in [0, 0.05) is 6.61 Å². The molecule has 0 radical (unpaired) electrons. The molecule has 162 valence electrons. The van der Waals surface area contributed by atoms with Crippen molar-refractivity contribution in [1.82, 2.24) is 0 Å². The normalized spacial score (nSPS) is 27.3. The zero-order valence-corrected chi connectivity index (χ0v) is 17.7. The third-order valence-electron chi connectivity index (χ3n) is 6.00. The summed E-state index contributed by atoms with van der Waals surface area (Å²) in [4.78, 5) is 25.9. The molecule has 2 aromatic carbocycles. The van der Waals surface area contributed by atoms with Gasteiger partial charge in [0.1, 0.15) is 27.0 Å². The predicted molar refractivity (Wildman–Crippen MR) is 116 cm³/mol. The Balaban J connectivity index is 1.46. The lowest BCUT2D eigenvalue weighted by molar-refractivity contribution is -0.164. The number of benzene rings is 2. The molecule has 2 saturated heterocycles. The van der Waals surface area contributed by atoms with E-state index in [1.54, 1.807) is 0 Å². The van der Waals surface area contributed by atoms with Crippen LogP contribution in [0.15, 0.2) is 60.7 Å². The molecular formula is C24H27BO6. The summed E-state index contributed by atoms with van der Waals surface area (Å²) in [6, 6.07) is 18.7. The van der Waals surface area contributed by atoms with Crippen LogP contribution < -0.4 is 0 Å². The van der Waals surface area contributed by atoms with Crippen LogP contribution in [0.3, 0.4) is 0 Å². The van der Waals surface area contributed by atoms with E-state index >= 15 is 0 Å². The van der Waals surface area contributed by atoms with Gasteiger partial charge in [-0.15, -0.1) is 0 Å². The summed E-state index contributed by atoms with van der Waals surface area (Å²) in [5.41, 5.74) is 0.847. The minimum Gasteiger partial charge on any atom is -0.461 e. The molecule has 7 heteroatoms. The second-order valence-electron chi connectivity index (χ2n) is 8.22. The Hall–Kier alpha value is -2.64. The van der Waals surface area contributed by atoms with Crippen molar-refractivity contribution in [3.05, 3.63) is 71.8 Å². The number of ether oxygens (including phenoxy) is 4. The Bertz CT molecular complexity index is 889. The van der Waals surface area contributed by atoms with E-state index in [1.807, 2.05) is 68.5 Å². The first-order valence-electron chi connectivity index (χ1n) is 10.8. The Morgan fingerprint density at radius 3 is 2.23 bits per heavy atom. The molecule has 6 nitrogen and oxygen atoms in total. The monoisotopic (exact) mass is 422 g/mol. The first-order valence-corrected chi connectivity index (χ1v) is 10.8. The van der Waals surface area contributed by atoms with Crippen molar-refractivity contribution < 1.29 is 28.5 Å². The predicted octanol–water partition coefficient (Wildman–Crippen LogP) is 2.39. The van der Waals surface area contributed by atoms with Gasteiger partial charge in [-0.25, -0.2) is 0 Å². The molecule has 2 heterocycles. The van der Waals surface area contributed by atoms with Crippen LogP contribution in [0.5, 0.6) is 0 Å². The quantitative estimate of drug-likeness (QED) is 0.504. The molecule has 1 unspecified atom stereocenters. The zero-order chi connectivity index (χ0) is 21.7. The van der Waals surface area contributed by atoms with Crippen molar-refractivity contribution in [2.45, 2.75) is 50.2 Å². The third-order valence-corrected chi connectivity index (χ3v) is 6.00. The number of hydrogen-bond acceptors (Lipinski definition) is 6. The molecule has 4 atom stereocenters. The summed E-state index contributed by atoms with van der Waals surface area (Å²) >= 11 is 0. The molecule has 2 aromatic rings. The molecule has 0 aliphatic carbocycles. The summed E-state index contributed by atoms with van der Waals surface area (Å²) in [7, 11) is 1.88. The molecule has 31 heavy (non-hydrogen) atoms. The lowest BCUT2D eigenvalue weighted by Gasteiger charge is -2.32. The molecule has 2 aliphatic heterocycles. The highest BCUT2D eigenvalue weighted by atomic mass is 16.6. The number of esters is 2. The van der Waals surface area contributed by atoms with E-state index in [9.17, 15) is 9.59 Å². The van der Waals surface area contributed by atoms with Gasteiger partial charge in [-0.05, 0) is 24.0 Å². The van der Waals surface area contributed by atoms with E-state index in [1.165, 1.54) is 0 Å². The van der Waals surface area contributed by atoms with Gasteiger partial charge in [-0.3, -0.25) is 9.59 Å². The van der Waals surface area contributed by atoms with Gasteiger partial charge in [-0.1, -0.05) is 60.7 Å². The van der Waals surface area contributed by atoms with Crippen LogP contribution in [0, 0.1) is 5.92 Å². The van der Waals surface area contributed by atoms with Crippen molar-refractivity contribution in [2.75, 3.05) is 6.61 Å². The topological polar surface area (TPSA) is 71.1 Å². The van der Waals surface area contributed by atoms with Gasteiger partial charge in [0.05, 0.1) is 24.1 Å². The molecule has 2 fully saturated rings. The number of rotatable bonds is 7. The molecule has 0 N–H and O–H groups in total. The number of carbonyl (C=O) groups excluding carboxylic acids is 2. The van der Waals surface area contributed by atoms with Crippen LogP contribution in [-0.2, 0) is 41.8 Å². The van der Waals surface area contributed by atoms with Crippen LogP contribution in [0.2, 0.25) is 0 Å². The van der Waals surface area contributed by atoms with E-state index in [4.69, 9.17) is 18.9 Å². The van der Waals surface area contributed by atoms with Gasteiger partial charge >= 0.3 is 11.9 Å². The van der Waals surface area contributed by atoms with E-state index in [0.717, 1.165) is 11.1 Å². The molecule has 0 saturated carbocycles. The van der Waals surface area contributed by atoms with Crippen LogP contribution in [-0.4, -0.2) is 44.1 Å². The van der Waals surface area contributed by atoms with Gasteiger partial charge < -0.3 is 18.9 Å². The van der Waals surface area contributed by atoms with E-state index in [2.05, 4.69) is 0 Å². The van der Waals surface area contributed by atoms with E-state index in [-0.39, 0.29) is 31.6 Å². The minimum absolute atomic E-state index is 0.00482. The highest BCUT2D eigenvalue weighted by Gasteiger charge is 2.59. The molecule has 0 spiro atoms. The second kappa shape index (κ2) is 9.66. The van der Waals surface area contributed by atoms with Crippen LogP contribution in [0.4, 0.5) is 0 Å². The maximum atomic E-state index is 13.2. The van der Waals surface area contributed by atoms with Gasteiger partial charge in [-0.2, -0.15) is 0 Å². The molecular weight excluding hydrogens is 395 g/mol.